The summed E-state index contributed by atoms with van der Waals surface area (Å²) in [5.41, 5.74) is 3.57. The van der Waals surface area contributed by atoms with Crippen LogP contribution in [0.2, 0.25) is 0 Å². The van der Waals surface area contributed by atoms with Gasteiger partial charge in [0.15, 0.2) is 11.5 Å². The third-order valence-electron chi connectivity index (χ3n) is 5.34. The van der Waals surface area contributed by atoms with E-state index in [1.54, 1.807) is 7.11 Å². The monoisotopic (exact) mass is 429 g/mol. The molecule has 1 amide bonds. The molecule has 3 aromatic carbocycles. The number of amides is 1. The van der Waals surface area contributed by atoms with E-state index in [1.165, 1.54) is 0 Å². The van der Waals surface area contributed by atoms with E-state index in [0.29, 0.717) is 30.2 Å². The predicted molar refractivity (Wildman–Crippen MR) is 125 cm³/mol. The van der Waals surface area contributed by atoms with E-state index in [2.05, 4.69) is 9.88 Å². The van der Waals surface area contributed by atoms with Crippen molar-refractivity contribution in [3.05, 3.63) is 89.7 Å². The molecule has 4 rings (SSSR count). The molecule has 1 heterocycles. The average molecular weight is 430 g/mol. The Hall–Kier alpha value is -3.80. The smallest absolute Gasteiger partial charge is 0.251 e. The zero-order valence-electron chi connectivity index (χ0n) is 18.5. The Morgan fingerprint density at radius 2 is 1.78 bits per heavy atom. The number of hydrogen-bond donors (Lipinski definition) is 1. The maximum atomic E-state index is 12.8. The van der Waals surface area contributed by atoms with Crippen molar-refractivity contribution in [3.8, 4) is 11.5 Å². The molecule has 164 valence electrons. The molecule has 0 saturated heterocycles. The number of methoxy groups -OCH3 is 1. The first-order valence-electron chi connectivity index (χ1n) is 10.7. The maximum Gasteiger partial charge on any atom is 0.251 e. The second-order valence-electron chi connectivity index (χ2n) is 7.67. The van der Waals surface area contributed by atoms with Crippen LogP contribution in [0, 0.1) is 6.92 Å². The molecular weight excluding hydrogens is 402 g/mol. The highest BCUT2D eigenvalue weighted by Crippen LogP contribution is 2.26. The summed E-state index contributed by atoms with van der Waals surface area (Å²) in [4.78, 5) is 17.6. The normalized spacial score (nSPS) is 11.8. The lowest BCUT2D eigenvalue weighted by Crippen LogP contribution is -2.29. The van der Waals surface area contributed by atoms with E-state index < -0.39 is 0 Å². The van der Waals surface area contributed by atoms with Gasteiger partial charge in [0.05, 0.1) is 30.7 Å². The molecule has 0 spiro atoms. The van der Waals surface area contributed by atoms with E-state index in [4.69, 9.17) is 14.5 Å². The highest BCUT2D eigenvalue weighted by Gasteiger charge is 2.19. The number of fused-ring (bicyclic) bond motifs is 1. The number of aromatic nitrogens is 2. The summed E-state index contributed by atoms with van der Waals surface area (Å²) in [6, 6.07) is 22.8. The van der Waals surface area contributed by atoms with Crippen LogP contribution in [-0.4, -0.2) is 29.2 Å². The van der Waals surface area contributed by atoms with Crippen LogP contribution in [0.4, 0.5) is 0 Å². The number of benzene rings is 3. The summed E-state index contributed by atoms with van der Waals surface area (Å²) in [6.45, 7) is 4.94. The summed E-state index contributed by atoms with van der Waals surface area (Å²) in [5.74, 6) is 2.06. The average Bonchev–Trinajstić information content (AvgIpc) is 3.18. The number of carbonyl (C=O) groups excluding carboxylic acids is 1. The Kier molecular flexibility index (Phi) is 6.40. The van der Waals surface area contributed by atoms with Crippen LogP contribution in [-0.2, 0) is 6.54 Å². The van der Waals surface area contributed by atoms with Gasteiger partial charge in [-0.25, -0.2) is 4.98 Å². The molecule has 6 heteroatoms. The molecule has 0 fully saturated rings. The van der Waals surface area contributed by atoms with Gasteiger partial charge in [-0.1, -0.05) is 42.0 Å². The minimum atomic E-state index is -0.276. The van der Waals surface area contributed by atoms with Crippen molar-refractivity contribution < 1.29 is 14.3 Å². The van der Waals surface area contributed by atoms with Crippen molar-refractivity contribution in [2.45, 2.75) is 26.4 Å². The fraction of sp³-hybridized carbons (Fsp3) is 0.231. The number of para-hydroxylation sites is 4. The number of carbonyl (C=O) groups is 1. The number of ether oxygens (including phenoxy) is 2. The summed E-state index contributed by atoms with van der Waals surface area (Å²) in [5, 5.41) is 3.08. The van der Waals surface area contributed by atoms with Crippen LogP contribution in [0.1, 0.15) is 34.7 Å². The predicted octanol–water partition coefficient (Wildman–Crippen LogP) is 4.92. The molecule has 0 radical (unpaired) electrons. The third-order valence-corrected chi connectivity index (χ3v) is 5.34. The van der Waals surface area contributed by atoms with E-state index in [-0.39, 0.29) is 11.9 Å². The van der Waals surface area contributed by atoms with Crippen molar-refractivity contribution >= 4 is 16.9 Å². The SMILES string of the molecule is COc1ccccc1OCCn1c(C(C)NC(=O)c2cccc(C)c2)nc2ccccc21. The molecule has 0 aliphatic carbocycles. The van der Waals surface area contributed by atoms with E-state index in [0.717, 1.165) is 22.4 Å². The molecule has 32 heavy (non-hydrogen) atoms. The van der Waals surface area contributed by atoms with E-state index in [9.17, 15) is 4.79 Å². The minimum Gasteiger partial charge on any atom is -0.493 e. The lowest BCUT2D eigenvalue weighted by atomic mass is 10.1. The van der Waals surface area contributed by atoms with Crippen molar-refractivity contribution in [1.82, 2.24) is 14.9 Å². The number of hydrogen-bond acceptors (Lipinski definition) is 4. The molecule has 1 atom stereocenters. The van der Waals surface area contributed by atoms with Crippen LogP contribution >= 0.6 is 0 Å². The molecule has 1 unspecified atom stereocenters. The summed E-state index contributed by atoms with van der Waals surface area (Å²) < 4.78 is 13.5. The second kappa shape index (κ2) is 9.56. The molecular formula is C26H27N3O3. The number of nitrogens with zero attached hydrogens (tertiary/aromatic N) is 2. The van der Waals surface area contributed by atoms with Gasteiger partial charge in [0.1, 0.15) is 12.4 Å². The molecule has 0 saturated carbocycles. The standard InChI is InChI=1S/C26H27N3O3/c1-18-9-8-10-20(17-18)26(30)27-19(2)25-28-21-11-4-5-12-22(21)29(25)15-16-32-24-14-7-6-13-23(24)31-3/h4-14,17,19H,15-16H2,1-3H3,(H,27,30). The second-order valence-corrected chi connectivity index (χ2v) is 7.67. The number of aryl methyl sites for hydroxylation is 1. The van der Waals surface area contributed by atoms with Crippen molar-refractivity contribution in [2.24, 2.45) is 0 Å². The van der Waals surface area contributed by atoms with Gasteiger partial charge in [0.25, 0.3) is 5.91 Å². The molecule has 0 aliphatic rings. The van der Waals surface area contributed by atoms with Gasteiger partial charge in [-0.15, -0.1) is 0 Å². The zero-order valence-corrected chi connectivity index (χ0v) is 18.5. The van der Waals surface area contributed by atoms with Crippen molar-refractivity contribution in [3.63, 3.8) is 0 Å². The molecule has 0 aliphatic heterocycles. The first kappa shape index (κ1) is 21.4. The third kappa shape index (κ3) is 4.59. The highest BCUT2D eigenvalue weighted by atomic mass is 16.5. The Bertz CT molecular complexity index is 1230. The van der Waals surface area contributed by atoms with Crippen LogP contribution in [0.15, 0.2) is 72.8 Å². The minimum absolute atomic E-state index is 0.120. The van der Waals surface area contributed by atoms with Gasteiger partial charge in [-0.05, 0) is 50.2 Å². The van der Waals surface area contributed by atoms with Crippen LogP contribution in [0.5, 0.6) is 11.5 Å². The van der Waals surface area contributed by atoms with Gasteiger partial charge in [-0.3, -0.25) is 4.79 Å². The Balaban J connectivity index is 1.55. The Morgan fingerprint density at radius 1 is 1.03 bits per heavy atom. The number of rotatable bonds is 8. The largest absolute Gasteiger partial charge is 0.493 e. The number of imidazole rings is 1. The topological polar surface area (TPSA) is 65.4 Å². The first-order valence-corrected chi connectivity index (χ1v) is 10.7. The Labute approximate surface area is 187 Å². The Morgan fingerprint density at radius 3 is 2.56 bits per heavy atom. The van der Waals surface area contributed by atoms with Crippen LogP contribution < -0.4 is 14.8 Å². The molecule has 1 N–H and O–H groups in total. The quantitative estimate of drug-likeness (QED) is 0.432. The molecule has 6 nitrogen and oxygen atoms in total. The van der Waals surface area contributed by atoms with E-state index >= 15 is 0 Å². The molecule has 4 aromatic rings. The fourth-order valence-corrected chi connectivity index (χ4v) is 3.78. The van der Waals surface area contributed by atoms with Gasteiger partial charge in [0, 0.05) is 5.56 Å². The van der Waals surface area contributed by atoms with Crippen molar-refractivity contribution in [2.75, 3.05) is 13.7 Å². The first-order chi connectivity index (χ1) is 15.6. The summed E-state index contributed by atoms with van der Waals surface area (Å²) in [6.07, 6.45) is 0. The summed E-state index contributed by atoms with van der Waals surface area (Å²) >= 11 is 0. The summed E-state index contributed by atoms with van der Waals surface area (Å²) in [7, 11) is 1.63. The van der Waals surface area contributed by atoms with Crippen LogP contribution in [0.3, 0.4) is 0 Å². The molecule has 0 bridgehead atoms. The highest BCUT2D eigenvalue weighted by molar-refractivity contribution is 5.94. The van der Waals surface area contributed by atoms with Crippen molar-refractivity contribution in [1.29, 1.82) is 0 Å². The fourth-order valence-electron chi connectivity index (χ4n) is 3.78. The molecule has 1 aromatic heterocycles. The van der Waals surface area contributed by atoms with E-state index in [1.807, 2.05) is 86.6 Å². The van der Waals surface area contributed by atoms with Gasteiger partial charge >= 0.3 is 0 Å². The lowest BCUT2D eigenvalue weighted by Gasteiger charge is -2.17. The zero-order chi connectivity index (χ0) is 22.5. The van der Waals surface area contributed by atoms with Gasteiger partial charge in [-0.2, -0.15) is 0 Å². The number of nitrogens with one attached hydrogen (secondary N) is 1. The lowest BCUT2D eigenvalue weighted by molar-refractivity contribution is 0.0937. The van der Waals surface area contributed by atoms with Gasteiger partial charge in [0.2, 0.25) is 0 Å². The van der Waals surface area contributed by atoms with Gasteiger partial charge < -0.3 is 19.4 Å². The van der Waals surface area contributed by atoms with Crippen LogP contribution in [0.25, 0.3) is 11.0 Å². The maximum absolute atomic E-state index is 12.8.